The molecule has 0 bridgehead atoms. The standard InChI is InChI=1S/C15H21ISSi/c1-10-13(7-8-18(4,5)6)11(2)15(16)12(3)14(10)9-17/h17H,9H2,1-6H3. The summed E-state index contributed by atoms with van der Waals surface area (Å²) in [7, 11) is -1.33. The van der Waals surface area contributed by atoms with Gasteiger partial charge in [0.1, 0.15) is 8.07 Å². The molecule has 3 heteroatoms. The molecular weight excluding hydrogens is 367 g/mol. The first-order valence-electron chi connectivity index (χ1n) is 6.11. The summed E-state index contributed by atoms with van der Waals surface area (Å²) in [6.07, 6.45) is 0. The molecule has 0 aliphatic rings. The molecule has 0 unspecified atom stereocenters. The van der Waals surface area contributed by atoms with Crippen molar-refractivity contribution in [1.82, 2.24) is 0 Å². The lowest BCUT2D eigenvalue weighted by atomic mass is 9.95. The Morgan fingerprint density at radius 2 is 1.61 bits per heavy atom. The molecule has 0 spiro atoms. The second-order valence-corrected chi connectivity index (χ2v) is 11.8. The minimum atomic E-state index is -1.33. The Morgan fingerprint density at radius 1 is 1.06 bits per heavy atom. The number of hydrogen-bond acceptors (Lipinski definition) is 1. The zero-order valence-electron chi connectivity index (χ0n) is 12.0. The molecule has 0 fully saturated rings. The van der Waals surface area contributed by atoms with Gasteiger partial charge in [0.2, 0.25) is 0 Å². The highest BCUT2D eigenvalue weighted by Crippen LogP contribution is 2.28. The van der Waals surface area contributed by atoms with Crippen molar-refractivity contribution in [2.45, 2.75) is 46.2 Å². The van der Waals surface area contributed by atoms with Gasteiger partial charge in [0.25, 0.3) is 0 Å². The average molecular weight is 388 g/mol. The van der Waals surface area contributed by atoms with Gasteiger partial charge in [-0.1, -0.05) is 25.6 Å². The first kappa shape index (κ1) is 16.1. The van der Waals surface area contributed by atoms with Crippen molar-refractivity contribution in [3.8, 4) is 11.5 Å². The summed E-state index contributed by atoms with van der Waals surface area (Å²) in [6.45, 7) is 13.4. The van der Waals surface area contributed by atoms with E-state index < -0.39 is 8.07 Å². The zero-order chi connectivity index (χ0) is 14.1. The quantitative estimate of drug-likeness (QED) is 0.302. The minimum absolute atomic E-state index is 0.787. The monoisotopic (exact) mass is 388 g/mol. The van der Waals surface area contributed by atoms with Crippen LogP contribution in [0.25, 0.3) is 0 Å². The highest BCUT2D eigenvalue weighted by atomic mass is 127. The Morgan fingerprint density at radius 3 is 2.06 bits per heavy atom. The molecule has 0 aromatic heterocycles. The molecule has 0 aliphatic carbocycles. The van der Waals surface area contributed by atoms with Crippen LogP contribution in [0, 0.1) is 35.8 Å². The Hall–Kier alpha value is 0.0769. The molecule has 1 rings (SSSR count). The molecule has 0 aliphatic heterocycles. The first-order chi connectivity index (χ1) is 8.19. The summed E-state index contributed by atoms with van der Waals surface area (Å²) in [5.74, 6) is 4.22. The van der Waals surface area contributed by atoms with Gasteiger partial charge < -0.3 is 0 Å². The summed E-state index contributed by atoms with van der Waals surface area (Å²) in [5.41, 5.74) is 10.0. The fourth-order valence-electron chi connectivity index (χ4n) is 1.91. The van der Waals surface area contributed by atoms with E-state index in [0.29, 0.717) is 0 Å². The van der Waals surface area contributed by atoms with Crippen LogP contribution in [-0.2, 0) is 5.75 Å². The second-order valence-electron chi connectivity index (χ2n) is 5.70. The third-order valence-electron chi connectivity index (χ3n) is 3.03. The smallest absolute Gasteiger partial charge is 0.129 e. The van der Waals surface area contributed by atoms with Crippen LogP contribution in [0.15, 0.2) is 0 Å². The van der Waals surface area contributed by atoms with E-state index in [-0.39, 0.29) is 0 Å². The molecule has 0 nitrogen and oxygen atoms in total. The molecule has 0 amide bonds. The van der Waals surface area contributed by atoms with Crippen molar-refractivity contribution in [2.75, 3.05) is 0 Å². The lowest BCUT2D eigenvalue weighted by Gasteiger charge is -2.16. The summed E-state index contributed by atoms with van der Waals surface area (Å²) in [4.78, 5) is 0. The van der Waals surface area contributed by atoms with Crippen molar-refractivity contribution >= 4 is 43.3 Å². The molecule has 1 aromatic carbocycles. The average Bonchev–Trinajstić information content (AvgIpc) is 2.25. The van der Waals surface area contributed by atoms with E-state index in [1.54, 1.807) is 0 Å². The molecule has 0 radical (unpaired) electrons. The summed E-state index contributed by atoms with van der Waals surface area (Å²) >= 11 is 6.89. The normalized spacial score (nSPS) is 11.1. The maximum absolute atomic E-state index is 4.46. The largest absolute Gasteiger partial charge is 0.175 e. The van der Waals surface area contributed by atoms with Gasteiger partial charge in [-0.05, 0) is 65.6 Å². The minimum Gasteiger partial charge on any atom is -0.175 e. The molecular formula is C15H21ISSi. The highest BCUT2D eigenvalue weighted by Gasteiger charge is 2.14. The van der Waals surface area contributed by atoms with Crippen molar-refractivity contribution in [2.24, 2.45) is 0 Å². The highest BCUT2D eigenvalue weighted by molar-refractivity contribution is 14.1. The van der Waals surface area contributed by atoms with Crippen LogP contribution >= 0.6 is 35.2 Å². The molecule has 1 aromatic rings. The number of hydrogen-bond donors (Lipinski definition) is 1. The molecule has 0 saturated carbocycles. The van der Waals surface area contributed by atoms with Gasteiger partial charge in [-0.3, -0.25) is 0 Å². The van der Waals surface area contributed by atoms with Gasteiger partial charge in [-0.2, -0.15) is 12.6 Å². The van der Waals surface area contributed by atoms with Crippen molar-refractivity contribution in [3.63, 3.8) is 0 Å². The molecule has 0 atom stereocenters. The fraction of sp³-hybridized carbons (Fsp3) is 0.467. The van der Waals surface area contributed by atoms with Crippen LogP contribution in [0.1, 0.15) is 27.8 Å². The fourth-order valence-corrected chi connectivity index (χ4v) is 3.48. The summed E-state index contributed by atoms with van der Waals surface area (Å²) < 4.78 is 1.34. The molecule has 18 heavy (non-hydrogen) atoms. The van der Waals surface area contributed by atoms with Crippen molar-refractivity contribution in [1.29, 1.82) is 0 Å². The maximum atomic E-state index is 4.46. The van der Waals surface area contributed by atoms with Crippen LogP contribution in [0.5, 0.6) is 0 Å². The molecule has 0 N–H and O–H groups in total. The Labute approximate surface area is 132 Å². The van der Waals surface area contributed by atoms with Crippen LogP contribution in [0.2, 0.25) is 19.6 Å². The predicted octanol–water partition coefficient (Wildman–Crippen LogP) is 4.88. The summed E-state index contributed by atoms with van der Waals surface area (Å²) in [5, 5.41) is 0. The Bertz CT molecular complexity index is 530. The van der Waals surface area contributed by atoms with E-state index in [4.69, 9.17) is 0 Å². The Kier molecular flexibility index (Phi) is 5.40. The number of halogens is 1. The van der Waals surface area contributed by atoms with Crippen LogP contribution in [0.3, 0.4) is 0 Å². The zero-order valence-corrected chi connectivity index (χ0v) is 16.1. The third kappa shape index (κ3) is 3.55. The van der Waals surface area contributed by atoms with Gasteiger partial charge >= 0.3 is 0 Å². The third-order valence-corrected chi connectivity index (χ3v) is 5.84. The van der Waals surface area contributed by atoms with Gasteiger partial charge in [0.15, 0.2) is 0 Å². The molecule has 98 valence electrons. The van der Waals surface area contributed by atoms with Crippen LogP contribution in [0.4, 0.5) is 0 Å². The van der Waals surface area contributed by atoms with Gasteiger partial charge in [-0.15, -0.1) is 5.54 Å². The Balaban J connectivity index is 3.54. The number of thiol groups is 1. The topological polar surface area (TPSA) is 0 Å². The number of benzene rings is 1. The molecule has 0 heterocycles. The summed E-state index contributed by atoms with van der Waals surface area (Å²) in [6, 6.07) is 0. The van der Waals surface area contributed by atoms with Gasteiger partial charge in [0.05, 0.1) is 0 Å². The van der Waals surface area contributed by atoms with E-state index in [1.807, 2.05) is 0 Å². The lowest BCUT2D eigenvalue weighted by Crippen LogP contribution is -2.16. The first-order valence-corrected chi connectivity index (χ1v) is 11.3. The number of rotatable bonds is 1. The van der Waals surface area contributed by atoms with Crippen molar-refractivity contribution in [3.05, 3.63) is 31.4 Å². The second kappa shape index (κ2) is 6.02. The predicted molar refractivity (Wildman–Crippen MR) is 96.3 cm³/mol. The van der Waals surface area contributed by atoms with E-state index in [1.165, 1.54) is 31.4 Å². The van der Waals surface area contributed by atoms with Crippen LogP contribution < -0.4 is 0 Å². The molecule has 0 saturated heterocycles. The SMILES string of the molecule is Cc1c(I)c(C)c(CS)c(C)c1C#C[Si](C)(C)C. The van der Waals surface area contributed by atoms with E-state index >= 15 is 0 Å². The maximum Gasteiger partial charge on any atom is 0.129 e. The van der Waals surface area contributed by atoms with E-state index in [0.717, 1.165) is 5.75 Å². The van der Waals surface area contributed by atoms with Gasteiger partial charge in [-0.25, -0.2) is 0 Å². The van der Waals surface area contributed by atoms with Crippen molar-refractivity contribution < 1.29 is 0 Å². The van der Waals surface area contributed by atoms with Crippen LogP contribution in [-0.4, -0.2) is 8.07 Å². The lowest BCUT2D eigenvalue weighted by molar-refractivity contribution is 1.18. The van der Waals surface area contributed by atoms with E-state index in [2.05, 4.69) is 87.1 Å². The van der Waals surface area contributed by atoms with E-state index in [9.17, 15) is 0 Å². The van der Waals surface area contributed by atoms with Gasteiger partial charge in [0, 0.05) is 14.9 Å².